The molecule has 0 bridgehead atoms. The van der Waals surface area contributed by atoms with Crippen molar-refractivity contribution in [3.8, 4) is 11.3 Å². The zero-order valence-electron chi connectivity index (χ0n) is 15.5. The molecule has 2 heterocycles. The fraction of sp³-hybridized carbons (Fsp3) is 0.150. The molecule has 0 saturated carbocycles. The number of carbonyl (C=O) groups is 1. The number of fused-ring (bicyclic) bond motifs is 1. The molecule has 0 spiro atoms. The topological polar surface area (TPSA) is 82.1 Å². The summed E-state index contributed by atoms with van der Waals surface area (Å²) in [6, 6.07) is 11.3. The number of hydrogen-bond donors (Lipinski definition) is 1. The van der Waals surface area contributed by atoms with Gasteiger partial charge in [0.15, 0.2) is 11.3 Å². The molecule has 0 aliphatic rings. The quantitative estimate of drug-likeness (QED) is 0.592. The van der Waals surface area contributed by atoms with Crippen LogP contribution in [0.25, 0.3) is 22.4 Å². The number of rotatable bonds is 3. The Morgan fingerprint density at radius 1 is 1.14 bits per heavy atom. The van der Waals surface area contributed by atoms with Crippen molar-refractivity contribution in [1.82, 2.24) is 14.3 Å². The average Bonchev–Trinajstić information content (AvgIpc) is 3.17. The van der Waals surface area contributed by atoms with Gasteiger partial charge in [-0.25, -0.2) is 9.18 Å². The van der Waals surface area contributed by atoms with Crippen molar-refractivity contribution >= 4 is 22.7 Å². The molecule has 142 valence electrons. The summed E-state index contributed by atoms with van der Waals surface area (Å²) in [6.45, 7) is 1.68. The van der Waals surface area contributed by atoms with Crippen molar-refractivity contribution in [2.45, 2.75) is 6.92 Å². The summed E-state index contributed by atoms with van der Waals surface area (Å²) in [7, 11) is 3.33. The Morgan fingerprint density at radius 2 is 1.93 bits per heavy atom. The number of nitrogens with one attached hydrogen (secondary N) is 1. The van der Waals surface area contributed by atoms with E-state index in [1.807, 2.05) is 0 Å². The highest BCUT2D eigenvalue weighted by atomic mass is 19.1. The van der Waals surface area contributed by atoms with Gasteiger partial charge >= 0.3 is 5.76 Å². The van der Waals surface area contributed by atoms with Crippen molar-refractivity contribution in [2.24, 2.45) is 14.1 Å². The Hall–Kier alpha value is -3.68. The highest BCUT2D eigenvalue weighted by Crippen LogP contribution is 2.23. The average molecular weight is 380 g/mol. The van der Waals surface area contributed by atoms with Crippen LogP contribution in [0.3, 0.4) is 0 Å². The lowest BCUT2D eigenvalue weighted by Crippen LogP contribution is -2.13. The predicted molar refractivity (Wildman–Crippen MR) is 103 cm³/mol. The Balaban J connectivity index is 1.62. The minimum atomic E-state index is -0.470. The van der Waals surface area contributed by atoms with Crippen LogP contribution < -0.4 is 11.1 Å². The number of amides is 1. The number of carbonyl (C=O) groups excluding carboxylic acids is 1. The lowest BCUT2D eigenvalue weighted by atomic mass is 10.1. The molecule has 2 aromatic carbocycles. The number of hydrogen-bond acceptors (Lipinski definition) is 4. The predicted octanol–water partition coefficient (Wildman–Crippen LogP) is 3.23. The second kappa shape index (κ2) is 6.49. The molecule has 28 heavy (non-hydrogen) atoms. The molecule has 8 heteroatoms. The third-order valence-corrected chi connectivity index (χ3v) is 4.62. The van der Waals surface area contributed by atoms with Crippen LogP contribution in [-0.4, -0.2) is 20.3 Å². The summed E-state index contributed by atoms with van der Waals surface area (Å²) < 4.78 is 21.6. The van der Waals surface area contributed by atoms with Gasteiger partial charge in [0.1, 0.15) is 5.82 Å². The minimum absolute atomic E-state index is 0.217. The summed E-state index contributed by atoms with van der Waals surface area (Å²) in [5, 5.41) is 6.99. The van der Waals surface area contributed by atoms with Crippen LogP contribution in [0.5, 0.6) is 0 Å². The lowest BCUT2D eigenvalue weighted by molar-refractivity contribution is 0.102. The molecule has 0 unspecified atom stereocenters. The van der Waals surface area contributed by atoms with Gasteiger partial charge < -0.3 is 9.73 Å². The number of benzene rings is 2. The number of aromatic nitrogens is 3. The van der Waals surface area contributed by atoms with E-state index in [0.29, 0.717) is 28.0 Å². The van der Waals surface area contributed by atoms with E-state index in [1.54, 1.807) is 62.1 Å². The summed E-state index contributed by atoms with van der Waals surface area (Å²) in [5.74, 6) is -1.16. The maximum Gasteiger partial charge on any atom is 0.419 e. The third kappa shape index (κ3) is 2.98. The van der Waals surface area contributed by atoms with Crippen molar-refractivity contribution in [3.63, 3.8) is 0 Å². The molecule has 0 atom stereocenters. The minimum Gasteiger partial charge on any atom is -0.408 e. The van der Waals surface area contributed by atoms with Gasteiger partial charge in [0.25, 0.3) is 5.91 Å². The zero-order valence-corrected chi connectivity index (χ0v) is 15.5. The zero-order chi connectivity index (χ0) is 20.0. The van der Waals surface area contributed by atoms with Crippen LogP contribution in [0.2, 0.25) is 0 Å². The van der Waals surface area contributed by atoms with E-state index in [2.05, 4.69) is 10.4 Å². The summed E-state index contributed by atoms with van der Waals surface area (Å²) in [6.07, 6.45) is 0. The van der Waals surface area contributed by atoms with Crippen molar-refractivity contribution < 1.29 is 13.6 Å². The lowest BCUT2D eigenvalue weighted by Gasteiger charge is -2.03. The van der Waals surface area contributed by atoms with Crippen molar-refractivity contribution in [2.75, 3.05) is 5.32 Å². The first-order valence-corrected chi connectivity index (χ1v) is 8.55. The van der Waals surface area contributed by atoms with Gasteiger partial charge in [-0.2, -0.15) is 5.10 Å². The van der Waals surface area contributed by atoms with E-state index in [9.17, 15) is 14.0 Å². The number of nitrogens with zero attached hydrogens (tertiary/aromatic N) is 3. The molecule has 0 radical (unpaired) electrons. The third-order valence-electron chi connectivity index (χ3n) is 4.62. The summed E-state index contributed by atoms with van der Waals surface area (Å²) in [4.78, 5) is 24.2. The SMILES string of the molecule is Cc1cc(-c2cc(C(=O)Nc3ccc4c(c3)oc(=O)n4C)nn2C)ccc1F. The molecule has 0 saturated heterocycles. The second-order valence-electron chi connectivity index (χ2n) is 6.57. The summed E-state index contributed by atoms with van der Waals surface area (Å²) >= 11 is 0. The second-order valence-corrected chi connectivity index (χ2v) is 6.57. The standard InChI is InChI=1S/C20H17FN4O3/c1-11-8-12(4-6-14(11)21)17-10-15(23-25(17)3)19(26)22-13-5-7-16-18(9-13)28-20(27)24(16)2/h4-10H,1-3H3,(H,22,26). The first-order chi connectivity index (χ1) is 13.3. The van der Waals surface area contributed by atoms with Crippen molar-refractivity contribution in [3.05, 3.63) is 70.1 Å². The maximum absolute atomic E-state index is 13.5. The van der Waals surface area contributed by atoms with Crippen LogP contribution in [0.15, 0.2) is 51.7 Å². The Morgan fingerprint density at radius 3 is 2.68 bits per heavy atom. The van der Waals surface area contributed by atoms with Gasteiger partial charge in [0.05, 0.1) is 11.2 Å². The summed E-state index contributed by atoms with van der Waals surface area (Å²) in [5.41, 5.74) is 3.69. The highest BCUT2D eigenvalue weighted by molar-refractivity contribution is 6.04. The molecule has 0 aliphatic heterocycles. The molecule has 4 aromatic rings. The van der Waals surface area contributed by atoms with Crippen LogP contribution in [-0.2, 0) is 14.1 Å². The number of anilines is 1. The molecule has 1 N–H and O–H groups in total. The molecule has 1 amide bonds. The highest BCUT2D eigenvalue weighted by Gasteiger charge is 2.16. The smallest absolute Gasteiger partial charge is 0.408 e. The van der Waals surface area contributed by atoms with E-state index in [-0.39, 0.29) is 11.5 Å². The van der Waals surface area contributed by atoms with Gasteiger partial charge in [0.2, 0.25) is 0 Å². The van der Waals surface area contributed by atoms with E-state index in [1.165, 1.54) is 10.6 Å². The molecule has 4 rings (SSSR count). The van der Waals surface area contributed by atoms with E-state index in [0.717, 1.165) is 5.56 Å². The fourth-order valence-corrected chi connectivity index (χ4v) is 3.06. The maximum atomic E-state index is 13.5. The monoisotopic (exact) mass is 380 g/mol. The first-order valence-electron chi connectivity index (χ1n) is 8.55. The van der Waals surface area contributed by atoms with Crippen LogP contribution in [0, 0.1) is 12.7 Å². The van der Waals surface area contributed by atoms with Gasteiger partial charge in [0, 0.05) is 31.4 Å². The molecule has 0 fully saturated rings. The van der Waals surface area contributed by atoms with Crippen LogP contribution >= 0.6 is 0 Å². The van der Waals surface area contributed by atoms with E-state index >= 15 is 0 Å². The fourth-order valence-electron chi connectivity index (χ4n) is 3.06. The largest absolute Gasteiger partial charge is 0.419 e. The number of aryl methyl sites for hydroxylation is 3. The first kappa shape index (κ1) is 17.7. The normalized spacial score (nSPS) is 11.1. The molecule has 2 aromatic heterocycles. The number of halogens is 1. The number of oxazole rings is 1. The van der Waals surface area contributed by atoms with Crippen molar-refractivity contribution in [1.29, 1.82) is 0 Å². The van der Waals surface area contributed by atoms with Crippen LogP contribution in [0.4, 0.5) is 10.1 Å². The Bertz CT molecular complexity index is 1280. The van der Waals surface area contributed by atoms with Crippen LogP contribution in [0.1, 0.15) is 16.1 Å². The molecule has 0 aliphatic carbocycles. The van der Waals surface area contributed by atoms with Gasteiger partial charge in [-0.3, -0.25) is 14.0 Å². The van der Waals surface area contributed by atoms with E-state index < -0.39 is 11.7 Å². The van der Waals surface area contributed by atoms with Gasteiger partial charge in [-0.15, -0.1) is 0 Å². The van der Waals surface area contributed by atoms with Gasteiger partial charge in [-0.05, 0) is 48.9 Å². The molecule has 7 nitrogen and oxygen atoms in total. The van der Waals surface area contributed by atoms with Gasteiger partial charge in [-0.1, -0.05) is 0 Å². The Labute approximate surface area is 159 Å². The van der Waals surface area contributed by atoms with E-state index in [4.69, 9.17) is 4.42 Å². The Kier molecular flexibility index (Phi) is 4.11. The molecular weight excluding hydrogens is 363 g/mol. The molecular formula is C20H17FN4O3.